The van der Waals surface area contributed by atoms with E-state index >= 15 is 0 Å². The van der Waals surface area contributed by atoms with Crippen LogP contribution in [0.5, 0.6) is 11.5 Å². The van der Waals surface area contributed by atoms with Crippen LogP contribution < -0.4 is 9.47 Å². The molecule has 0 aromatic heterocycles. The Morgan fingerprint density at radius 1 is 0.892 bits per heavy atom. The highest BCUT2D eigenvalue weighted by atomic mass is 16.6. The maximum Gasteiger partial charge on any atom is 0.343 e. The van der Waals surface area contributed by atoms with Gasteiger partial charge in [-0.1, -0.05) is 57.4 Å². The average molecular weight is 506 g/mol. The van der Waals surface area contributed by atoms with Gasteiger partial charge in [0.25, 0.3) is 0 Å². The van der Waals surface area contributed by atoms with Gasteiger partial charge in [0.2, 0.25) is 0 Å². The Labute approximate surface area is 216 Å². The Hall–Kier alpha value is -4.20. The molecule has 1 atom stereocenters. The maximum atomic E-state index is 12.7. The molecule has 0 saturated carbocycles. The third-order valence-corrected chi connectivity index (χ3v) is 6.05. The van der Waals surface area contributed by atoms with Gasteiger partial charge in [-0.15, -0.1) is 0 Å². The highest BCUT2D eigenvalue weighted by Gasteiger charge is 2.22. The Bertz CT molecular complexity index is 1220. The lowest BCUT2D eigenvalue weighted by Crippen LogP contribution is -2.16. The molecule has 3 rings (SSSR count). The smallest absolute Gasteiger partial charge is 0.343 e. The Balaban J connectivity index is 1.68. The molecule has 0 amide bonds. The lowest BCUT2D eigenvalue weighted by Gasteiger charge is -2.17. The molecule has 1 N–H and O–H groups in total. The molecule has 3 aromatic carbocycles. The number of rotatable bonds is 13. The van der Waals surface area contributed by atoms with Crippen molar-refractivity contribution < 1.29 is 29.1 Å². The van der Waals surface area contributed by atoms with Crippen LogP contribution in [0.15, 0.2) is 66.7 Å². The SMILES string of the molecule is CCCCCCC(CC)Oc1ccc(C(=O)Oc2ccc(-c3ccc(C(=O)O)cc3)cc2)cc1[N+](=O)[O-]. The topological polar surface area (TPSA) is 116 Å². The van der Waals surface area contributed by atoms with Crippen LogP contribution in [-0.4, -0.2) is 28.1 Å². The molecule has 3 aromatic rings. The van der Waals surface area contributed by atoms with Gasteiger partial charge in [-0.3, -0.25) is 10.1 Å². The first-order chi connectivity index (χ1) is 17.8. The Kier molecular flexibility index (Phi) is 9.77. The van der Waals surface area contributed by atoms with Gasteiger partial charge in [0, 0.05) is 6.07 Å². The van der Waals surface area contributed by atoms with E-state index in [1.165, 1.54) is 30.3 Å². The van der Waals surface area contributed by atoms with Crippen molar-refractivity contribution in [2.45, 2.75) is 58.5 Å². The molecule has 0 aliphatic rings. The van der Waals surface area contributed by atoms with Crippen molar-refractivity contribution in [1.29, 1.82) is 0 Å². The van der Waals surface area contributed by atoms with E-state index in [1.54, 1.807) is 36.4 Å². The van der Waals surface area contributed by atoms with E-state index in [9.17, 15) is 19.7 Å². The summed E-state index contributed by atoms with van der Waals surface area (Å²) in [6.45, 7) is 4.13. The first kappa shape index (κ1) is 27.4. The van der Waals surface area contributed by atoms with Crippen molar-refractivity contribution in [3.8, 4) is 22.6 Å². The number of carboxylic acid groups (broad SMARTS) is 1. The monoisotopic (exact) mass is 505 g/mol. The molecule has 0 spiro atoms. The minimum absolute atomic E-state index is 0.0448. The highest BCUT2D eigenvalue weighted by Crippen LogP contribution is 2.31. The fourth-order valence-electron chi connectivity index (χ4n) is 3.90. The summed E-state index contributed by atoms with van der Waals surface area (Å²) in [5.41, 5.74) is 1.58. The minimum Gasteiger partial charge on any atom is -0.484 e. The molecule has 0 aliphatic heterocycles. The van der Waals surface area contributed by atoms with Crippen LogP contribution in [0, 0.1) is 10.1 Å². The lowest BCUT2D eigenvalue weighted by molar-refractivity contribution is -0.386. The first-order valence-corrected chi connectivity index (χ1v) is 12.4. The van der Waals surface area contributed by atoms with Gasteiger partial charge >= 0.3 is 17.6 Å². The summed E-state index contributed by atoms with van der Waals surface area (Å²) in [6, 6.07) is 17.2. The van der Waals surface area contributed by atoms with Gasteiger partial charge in [-0.05, 0) is 66.8 Å². The molecule has 0 aliphatic carbocycles. The van der Waals surface area contributed by atoms with Gasteiger partial charge in [-0.2, -0.15) is 0 Å². The number of carboxylic acids is 1. The maximum absolute atomic E-state index is 12.7. The summed E-state index contributed by atoms with van der Waals surface area (Å²) in [5, 5.41) is 20.7. The molecule has 37 heavy (non-hydrogen) atoms. The zero-order valence-electron chi connectivity index (χ0n) is 21.0. The van der Waals surface area contributed by atoms with Crippen molar-refractivity contribution in [3.05, 3.63) is 88.0 Å². The second-order valence-electron chi connectivity index (χ2n) is 8.73. The summed E-state index contributed by atoms with van der Waals surface area (Å²) >= 11 is 0. The van der Waals surface area contributed by atoms with Gasteiger partial charge in [-0.25, -0.2) is 9.59 Å². The number of hydrogen-bond donors (Lipinski definition) is 1. The number of nitro groups is 1. The van der Waals surface area contributed by atoms with Crippen LogP contribution >= 0.6 is 0 Å². The van der Waals surface area contributed by atoms with E-state index in [-0.39, 0.29) is 34.4 Å². The van der Waals surface area contributed by atoms with E-state index < -0.39 is 16.9 Å². The summed E-state index contributed by atoms with van der Waals surface area (Å²) in [7, 11) is 0. The number of carbonyl (C=O) groups is 2. The van der Waals surface area contributed by atoms with Gasteiger partial charge < -0.3 is 14.6 Å². The number of hydrogen-bond acceptors (Lipinski definition) is 6. The molecule has 1 unspecified atom stereocenters. The third-order valence-electron chi connectivity index (χ3n) is 6.05. The van der Waals surface area contributed by atoms with E-state index in [1.807, 2.05) is 6.92 Å². The van der Waals surface area contributed by atoms with Crippen LogP contribution in [0.1, 0.15) is 73.1 Å². The number of nitrogens with zero attached hydrogens (tertiary/aromatic N) is 1. The first-order valence-electron chi connectivity index (χ1n) is 12.4. The predicted octanol–water partition coefficient (Wildman–Crippen LogP) is 7.31. The zero-order chi connectivity index (χ0) is 26.8. The van der Waals surface area contributed by atoms with Crippen molar-refractivity contribution in [1.82, 2.24) is 0 Å². The number of benzene rings is 3. The van der Waals surface area contributed by atoms with Crippen molar-refractivity contribution in [3.63, 3.8) is 0 Å². The summed E-state index contributed by atoms with van der Waals surface area (Å²) in [5.74, 6) is -1.31. The van der Waals surface area contributed by atoms with Crippen molar-refractivity contribution in [2.24, 2.45) is 0 Å². The van der Waals surface area contributed by atoms with Crippen molar-refractivity contribution >= 4 is 17.6 Å². The second kappa shape index (κ2) is 13.2. The lowest BCUT2D eigenvalue weighted by atomic mass is 10.0. The number of carbonyl (C=O) groups excluding carboxylic acids is 1. The molecule has 8 heteroatoms. The molecule has 0 heterocycles. The van der Waals surface area contributed by atoms with Crippen LogP contribution in [0.25, 0.3) is 11.1 Å². The number of esters is 1. The Morgan fingerprint density at radius 2 is 1.51 bits per heavy atom. The normalized spacial score (nSPS) is 11.5. The third kappa shape index (κ3) is 7.64. The fraction of sp³-hybridized carbons (Fsp3) is 0.310. The number of nitro benzene ring substituents is 1. The molecular weight excluding hydrogens is 474 g/mol. The van der Waals surface area contributed by atoms with Crippen LogP contribution in [0.4, 0.5) is 5.69 Å². The molecule has 0 radical (unpaired) electrons. The largest absolute Gasteiger partial charge is 0.484 e. The predicted molar refractivity (Wildman–Crippen MR) is 140 cm³/mol. The molecule has 194 valence electrons. The molecule has 0 bridgehead atoms. The fourth-order valence-corrected chi connectivity index (χ4v) is 3.90. The second-order valence-corrected chi connectivity index (χ2v) is 8.73. The highest BCUT2D eigenvalue weighted by molar-refractivity contribution is 5.92. The standard InChI is InChI=1S/C29H31NO7/c1-3-5-6-7-8-24(4-2)36-27-18-15-23(19-26(27)30(34)35)29(33)37-25-16-13-21(14-17-25)20-9-11-22(12-10-20)28(31)32/h9-19,24H,3-8H2,1-2H3,(H,31,32). The summed E-state index contributed by atoms with van der Waals surface area (Å²) in [6.07, 6.45) is 5.79. The van der Waals surface area contributed by atoms with E-state index in [0.29, 0.717) is 0 Å². The van der Waals surface area contributed by atoms with Crippen LogP contribution in [0.3, 0.4) is 0 Å². The van der Waals surface area contributed by atoms with Crippen molar-refractivity contribution in [2.75, 3.05) is 0 Å². The van der Waals surface area contributed by atoms with Gasteiger partial charge in [0.05, 0.1) is 22.2 Å². The molecular formula is C29H31NO7. The molecule has 8 nitrogen and oxygen atoms in total. The molecule has 0 saturated heterocycles. The summed E-state index contributed by atoms with van der Waals surface area (Å²) < 4.78 is 11.4. The van der Waals surface area contributed by atoms with E-state index in [2.05, 4.69) is 6.92 Å². The quantitative estimate of drug-likeness (QED) is 0.0851. The minimum atomic E-state index is -0.999. The number of unbranched alkanes of at least 4 members (excludes halogenated alkanes) is 3. The number of ether oxygens (including phenoxy) is 2. The van der Waals surface area contributed by atoms with Crippen LogP contribution in [0.2, 0.25) is 0 Å². The number of aromatic carboxylic acids is 1. The van der Waals surface area contributed by atoms with Gasteiger partial charge in [0.15, 0.2) is 5.75 Å². The molecule has 0 fully saturated rings. The zero-order valence-corrected chi connectivity index (χ0v) is 21.0. The van der Waals surface area contributed by atoms with Crippen LogP contribution in [-0.2, 0) is 0 Å². The Morgan fingerprint density at radius 3 is 2.08 bits per heavy atom. The van der Waals surface area contributed by atoms with E-state index in [4.69, 9.17) is 14.6 Å². The van der Waals surface area contributed by atoms with Gasteiger partial charge in [0.1, 0.15) is 5.75 Å². The van der Waals surface area contributed by atoms with E-state index in [0.717, 1.165) is 49.7 Å². The summed E-state index contributed by atoms with van der Waals surface area (Å²) in [4.78, 5) is 34.9. The average Bonchev–Trinajstić information content (AvgIpc) is 2.90.